The van der Waals surface area contributed by atoms with Crippen LogP contribution < -0.4 is 5.32 Å². The maximum atomic E-state index is 5.82. The Labute approximate surface area is 104 Å². The minimum absolute atomic E-state index is 0.137. The molecule has 3 heteroatoms. The summed E-state index contributed by atoms with van der Waals surface area (Å²) in [6.07, 6.45) is 2.69. The van der Waals surface area contributed by atoms with Crippen LogP contribution in [0.1, 0.15) is 45.1 Å². The normalized spacial score (nSPS) is 16.8. The highest BCUT2D eigenvalue weighted by atomic mass is 16.3. The fourth-order valence-electron chi connectivity index (χ4n) is 1.84. The van der Waals surface area contributed by atoms with Gasteiger partial charge in [-0.3, -0.25) is 4.90 Å². The Balaban J connectivity index is 1.82. The van der Waals surface area contributed by atoms with Crippen molar-refractivity contribution in [3.63, 3.8) is 0 Å². The highest BCUT2D eigenvalue weighted by Gasteiger charge is 2.26. The van der Waals surface area contributed by atoms with Crippen LogP contribution in [0.15, 0.2) is 16.5 Å². The van der Waals surface area contributed by atoms with Crippen molar-refractivity contribution in [3.05, 3.63) is 23.7 Å². The molecule has 1 fully saturated rings. The van der Waals surface area contributed by atoms with Gasteiger partial charge >= 0.3 is 0 Å². The summed E-state index contributed by atoms with van der Waals surface area (Å²) in [7, 11) is 2.17. The van der Waals surface area contributed by atoms with E-state index in [4.69, 9.17) is 4.42 Å². The van der Waals surface area contributed by atoms with Crippen LogP contribution in [0.2, 0.25) is 0 Å². The zero-order chi connectivity index (χ0) is 12.5. The van der Waals surface area contributed by atoms with E-state index in [1.807, 2.05) is 0 Å². The number of nitrogens with zero attached hydrogens (tertiary/aromatic N) is 1. The molecule has 0 saturated heterocycles. The molecular weight excluding hydrogens is 212 g/mol. The largest absolute Gasteiger partial charge is 0.463 e. The van der Waals surface area contributed by atoms with Gasteiger partial charge in [-0.05, 0) is 52.8 Å². The number of hydrogen-bond donors (Lipinski definition) is 1. The molecule has 3 nitrogen and oxygen atoms in total. The van der Waals surface area contributed by atoms with E-state index in [0.717, 1.165) is 30.7 Å². The van der Waals surface area contributed by atoms with E-state index in [0.29, 0.717) is 0 Å². The minimum atomic E-state index is 0.137. The van der Waals surface area contributed by atoms with Crippen LogP contribution >= 0.6 is 0 Å². The van der Waals surface area contributed by atoms with Crippen molar-refractivity contribution in [1.82, 2.24) is 10.2 Å². The summed E-state index contributed by atoms with van der Waals surface area (Å²) in [6.45, 7) is 8.23. The predicted octanol–water partition coefficient (Wildman–Crippen LogP) is 2.76. The van der Waals surface area contributed by atoms with Gasteiger partial charge in [-0.15, -0.1) is 0 Å². The first-order valence-corrected chi connectivity index (χ1v) is 6.47. The summed E-state index contributed by atoms with van der Waals surface area (Å²) in [4.78, 5) is 2.37. The van der Waals surface area contributed by atoms with Crippen LogP contribution in [0.25, 0.3) is 0 Å². The summed E-state index contributed by atoms with van der Waals surface area (Å²) in [5.41, 5.74) is 0.137. The summed E-state index contributed by atoms with van der Waals surface area (Å²) < 4.78 is 5.82. The molecule has 1 saturated carbocycles. The smallest absolute Gasteiger partial charge is 0.118 e. The second-order valence-electron chi connectivity index (χ2n) is 6.12. The van der Waals surface area contributed by atoms with Crippen LogP contribution in [0.4, 0.5) is 0 Å². The third-order valence-corrected chi connectivity index (χ3v) is 3.09. The van der Waals surface area contributed by atoms with E-state index in [1.165, 1.54) is 12.8 Å². The van der Waals surface area contributed by atoms with Gasteiger partial charge in [0.2, 0.25) is 0 Å². The van der Waals surface area contributed by atoms with Gasteiger partial charge in [-0.1, -0.05) is 0 Å². The molecule has 0 unspecified atom stereocenters. The lowest BCUT2D eigenvalue weighted by Crippen LogP contribution is -2.34. The van der Waals surface area contributed by atoms with Gasteiger partial charge in [0.15, 0.2) is 0 Å². The maximum absolute atomic E-state index is 5.82. The Morgan fingerprint density at radius 3 is 2.53 bits per heavy atom. The fourth-order valence-corrected chi connectivity index (χ4v) is 1.84. The molecule has 0 bridgehead atoms. The minimum Gasteiger partial charge on any atom is -0.463 e. The van der Waals surface area contributed by atoms with Crippen molar-refractivity contribution in [2.45, 2.75) is 58.3 Å². The molecule has 0 aliphatic heterocycles. The van der Waals surface area contributed by atoms with E-state index in [2.05, 4.69) is 50.2 Å². The Hall–Kier alpha value is -0.800. The third-order valence-electron chi connectivity index (χ3n) is 3.09. The standard InChI is InChI=1S/C14H24N2O/c1-14(2,3)15-9-12-7-8-13(17-12)10-16(4)11-5-6-11/h7-8,11,15H,5-6,9-10H2,1-4H3. The summed E-state index contributed by atoms with van der Waals surface area (Å²) in [6, 6.07) is 4.96. The maximum Gasteiger partial charge on any atom is 0.118 e. The van der Waals surface area contributed by atoms with Crippen LogP contribution in [-0.4, -0.2) is 23.5 Å². The second kappa shape index (κ2) is 4.83. The zero-order valence-electron chi connectivity index (χ0n) is 11.4. The molecule has 17 heavy (non-hydrogen) atoms. The van der Waals surface area contributed by atoms with Crippen LogP contribution in [0.5, 0.6) is 0 Å². The summed E-state index contributed by atoms with van der Waals surface area (Å²) in [5, 5.41) is 3.43. The molecule has 1 aliphatic carbocycles. The Morgan fingerprint density at radius 1 is 1.29 bits per heavy atom. The van der Waals surface area contributed by atoms with E-state index < -0.39 is 0 Å². The number of rotatable bonds is 5. The molecule has 0 radical (unpaired) electrons. The van der Waals surface area contributed by atoms with Gasteiger partial charge in [-0.25, -0.2) is 0 Å². The van der Waals surface area contributed by atoms with Gasteiger partial charge in [0, 0.05) is 11.6 Å². The van der Waals surface area contributed by atoms with Crippen molar-refractivity contribution in [2.75, 3.05) is 7.05 Å². The highest BCUT2D eigenvalue weighted by molar-refractivity contribution is 5.07. The van der Waals surface area contributed by atoms with Crippen molar-refractivity contribution in [1.29, 1.82) is 0 Å². The van der Waals surface area contributed by atoms with Gasteiger partial charge in [0.25, 0.3) is 0 Å². The van der Waals surface area contributed by atoms with Gasteiger partial charge in [0.1, 0.15) is 11.5 Å². The summed E-state index contributed by atoms with van der Waals surface area (Å²) >= 11 is 0. The average molecular weight is 236 g/mol. The fraction of sp³-hybridized carbons (Fsp3) is 0.714. The van der Waals surface area contributed by atoms with E-state index in [-0.39, 0.29) is 5.54 Å². The van der Waals surface area contributed by atoms with E-state index >= 15 is 0 Å². The molecule has 1 N–H and O–H groups in total. The molecule has 2 rings (SSSR count). The van der Waals surface area contributed by atoms with E-state index in [1.54, 1.807) is 0 Å². The first kappa shape index (κ1) is 12.7. The lowest BCUT2D eigenvalue weighted by Gasteiger charge is -2.19. The Kier molecular flexibility index (Phi) is 3.59. The zero-order valence-corrected chi connectivity index (χ0v) is 11.4. The van der Waals surface area contributed by atoms with Crippen LogP contribution in [-0.2, 0) is 13.1 Å². The Bertz CT molecular complexity index is 361. The molecule has 0 amide bonds. The number of nitrogens with one attached hydrogen (secondary N) is 1. The molecule has 0 atom stereocenters. The quantitative estimate of drug-likeness (QED) is 0.852. The molecule has 1 aromatic rings. The topological polar surface area (TPSA) is 28.4 Å². The van der Waals surface area contributed by atoms with Crippen LogP contribution in [0, 0.1) is 0 Å². The molecule has 0 aromatic carbocycles. The van der Waals surface area contributed by atoms with Crippen molar-refractivity contribution in [3.8, 4) is 0 Å². The van der Waals surface area contributed by atoms with Gasteiger partial charge in [-0.2, -0.15) is 0 Å². The third kappa shape index (κ3) is 4.17. The van der Waals surface area contributed by atoms with E-state index in [9.17, 15) is 0 Å². The Morgan fingerprint density at radius 2 is 1.94 bits per heavy atom. The van der Waals surface area contributed by atoms with Gasteiger partial charge in [0.05, 0.1) is 13.1 Å². The molecule has 1 aliphatic rings. The molecule has 1 heterocycles. The molecular formula is C14H24N2O. The number of furan rings is 1. The number of hydrogen-bond acceptors (Lipinski definition) is 3. The first-order chi connectivity index (χ1) is 7.94. The van der Waals surface area contributed by atoms with Crippen molar-refractivity contribution in [2.24, 2.45) is 0 Å². The predicted molar refractivity (Wildman–Crippen MR) is 69.8 cm³/mol. The second-order valence-corrected chi connectivity index (χ2v) is 6.12. The summed E-state index contributed by atoms with van der Waals surface area (Å²) in [5.74, 6) is 2.10. The molecule has 1 aromatic heterocycles. The lowest BCUT2D eigenvalue weighted by atomic mass is 10.1. The van der Waals surface area contributed by atoms with Crippen molar-refractivity contribution < 1.29 is 4.42 Å². The SMILES string of the molecule is CN(Cc1ccc(CNC(C)(C)C)o1)C1CC1. The first-order valence-electron chi connectivity index (χ1n) is 6.47. The molecule has 0 spiro atoms. The lowest BCUT2D eigenvalue weighted by molar-refractivity contribution is 0.278. The molecule has 96 valence electrons. The monoisotopic (exact) mass is 236 g/mol. The average Bonchev–Trinajstić information content (AvgIpc) is 2.97. The van der Waals surface area contributed by atoms with Gasteiger partial charge < -0.3 is 9.73 Å². The van der Waals surface area contributed by atoms with Crippen LogP contribution in [0.3, 0.4) is 0 Å². The highest BCUT2D eigenvalue weighted by Crippen LogP contribution is 2.26. The van der Waals surface area contributed by atoms with Crippen molar-refractivity contribution >= 4 is 0 Å².